The van der Waals surface area contributed by atoms with E-state index in [2.05, 4.69) is 5.32 Å². The molecule has 2 aromatic rings. The number of anilines is 2. The summed E-state index contributed by atoms with van der Waals surface area (Å²) in [5.41, 5.74) is 9.27. The fourth-order valence-corrected chi connectivity index (χ4v) is 2.08. The molecular weight excluding hydrogens is 260 g/mol. The Bertz CT molecular complexity index is 618. The molecule has 0 aliphatic heterocycles. The van der Waals surface area contributed by atoms with Crippen molar-refractivity contribution in [3.8, 4) is 0 Å². The van der Waals surface area contributed by atoms with Crippen molar-refractivity contribution in [1.29, 1.82) is 0 Å². The summed E-state index contributed by atoms with van der Waals surface area (Å²) in [5.74, 6) is -0.255. The number of halogens is 1. The number of nitrogens with two attached hydrogens (primary N) is 1. The van der Waals surface area contributed by atoms with Crippen LogP contribution in [0.15, 0.2) is 36.4 Å². The lowest BCUT2D eigenvalue weighted by Crippen LogP contribution is -2.15. The van der Waals surface area contributed by atoms with E-state index in [1.54, 1.807) is 18.2 Å². The first-order chi connectivity index (χ1) is 9.00. The van der Waals surface area contributed by atoms with E-state index in [9.17, 15) is 4.79 Å². The normalized spacial score (nSPS) is 10.3. The minimum atomic E-state index is -0.255. The third-order valence-electron chi connectivity index (χ3n) is 2.98. The number of carbonyl (C=O) groups excluding carboxylic acids is 1. The first kappa shape index (κ1) is 13.4. The molecule has 3 nitrogen and oxygen atoms in total. The van der Waals surface area contributed by atoms with E-state index in [4.69, 9.17) is 17.3 Å². The number of aryl methyl sites for hydroxylation is 2. The minimum Gasteiger partial charge on any atom is -0.397 e. The van der Waals surface area contributed by atoms with Crippen molar-refractivity contribution >= 4 is 28.9 Å². The summed E-state index contributed by atoms with van der Waals surface area (Å²) in [6, 6.07) is 10.8. The zero-order valence-corrected chi connectivity index (χ0v) is 11.6. The van der Waals surface area contributed by atoms with E-state index < -0.39 is 0 Å². The summed E-state index contributed by atoms with van der Waals surface area (Å²) in [4.78, 5) is 12.2. The van der Waals surface area contributed by atoms with Gasteiger partial charge in [-0.25, -0.2) is 0 Å². The van der Waals surface area contributed by atoms with Gasteiger partial charge in [0.2, 0.25) is 0 Å². The molecule has 0 bridgehead atoms. The number of rotatable bonds is 2. The number of benzene rings is 2. The Kier molecular flexibility index (Phi) is 3.76. The van der Waals surface area contributed by atoms with Crippen LogP contribution >= 0.6 is 11.6 Å². The van der Waals surface area contributed by atoms with Gasteiger partial charge in [-0.3, -0.25) is 4.79 Å². The highest BCUT2D eigenvalue weighted by Gasteiger charge is 2.13. The Labute approximate surface area is 117 Å². The van der Waals surface area contributed by atoms with Gasteiger partial charge >= 0.3 is 0 Å². The van der Waals surface area contributed by atoms with Crippen molar-refractivity contribution in [3.63, 3.8) is 0 Å². The summed E-state index contributed by atoms with van der Waals surface area (Å²) in [6.45, 7) is 3.76. The lowest BCUT2D eigenvalue weighted by atomic mass is 10.1. The molecule has 0 aliphatic carbocycles. The summed E-state index contributed by atoms with van der Waals surface area (Å²) in [7, 11) is 0. The maximum absolute atomic E-state index is 12.2. The first-order valence-electron chi connectivity index (χ1n) is 5.92. The van der Waals surface area contributed by atoms with Gasteiger partial charge in [0.05, 0.1) is 22.0 Å². The number of nitrogens with one attached hydrogen (secondary N) is 1. The molecule has 19 heavy (non-hydrogen) atoms. The van der Waals surface area contributed by atoms with Crippen LogP contribution in [-0.4, -0.2) is 5.91 Å². The van der Waals surface area contributed by atoms with Gasteiger partial charge in [0.25, 0.3) is 5.91 Å². The summed E-state index contributed by atoms with van der Waals surface area (Å²) < 4.78 is 0. The molecule has 0 radical (unpaired) electrons. The van der Waals surface area contributed by atoms with Crippen molar-refractivity contribution in [2.24, 2.45) is 0 Å². The molecule has 0 atom stereocenters. The number of nitrogen functional groups attached to an aromatic ring is 1. The molecule has 0 aliphatic rings. The number of carbonyl (C=O) groups is 1. The minimum absolute atomic E-state index is 0.255. The second-order valence-corrected chi connectivity index (χ2v) is 4.81. The van der Waals surface area contributed by atoms with Crippen LogP contribution in [0.1, 0.15) is 21.5 Å². The van der Waals surface area contributed by atoms with E-state index in [0.717, 1.165) is 11.1 Å². The summed E-state index contributed by atoms with van der Waals surface area (Å²) in [5, 5.41) is 3.28. The van der Waals surface area contributed by atoms with Crippen LogP contribution in [0.25, 0.3) is 0 Å². The van der Waals surface area contributed by atoms with Crippen molar-refractivity contribution in [2.75, 3.05) is 11.1 Å². The topological polar surface area (TPSA) is 55.1 Å². The van der Waals surface area contributed by atoms with Gasteiger partial charge in [-0.15, -0.1) is 0 Å². The van der Waals surface area contributed by atoms with E-state index >= 15 is 0 Å². The smallest absolute Gasteiger partial charge is 0.257 e. The predicted molar refractivity (Wildman–Crippen MR) is 79.7 cm³/mol. The molecule has 2 rings (SSSR count). The Balaban J connectivity index is 2.34. The second kappa shape index (κ2) is 5.33. The highest BCUT2D eigenvalue weighted by atomic mass is 35.5. The van der Waals surface area contributed by atoms with Crippen LogP contribution in [0, 0.1) is 13.8 Å². The van der Waals surface area contributed by atoms with E-state index in [0.29, 0.717) is 22.0 Å². The molecule has 0 aromatic heterocycles. The van der Waals surface area contributed by atoms with Gasteiger partial charge < -0.3 is 11.1 Å². The van der Waals surface area contributed by atoms with Crippen LogP contribution in [0.3, 0.4) is 0 Å². The number of hydrogen-bond acceptors (Lipinski definition) is 2. The van der Waals surface area contributed by atoms with Crippen molar-refractivity contribution in [1.82, 2.24) is 0 Å². The number of amides is 1. The zero-order chi connectivity index (χ0) is 14.0. The average Bonchev–Trinajstić information content (AvgIpc) is 2.37. The summed E-state index contributed by atoms with van der Waals surface area (Å²) >= 11 is 6.14. The predicted octanol–water partition coefficient (Wildman–Crippen LogP) is 3.79. The van der Waals surface area contributed by atoms with Gasteiger partial charge in [-0.05, 0) is 37.1 Å². The van der Waals surface area contributed by atoms with Crippen LogP contribution in [0.2, 0.25) is 5.02 Å². The van der Waals surface area contributed by atoms with E-state index in [1.807, 2.05) is 32.0 Å². The molecule has 0 heterocycles. The second-order valence-electron chi connectivity index (χ2n) is 4.43. The first-order valence-corrected chi connectivity index (χ1v) is 6.30. The number of hydrogen-bond donors (Lipinski definition) is 2. The lowest BCUT2D eigenvalue weighted by Gasteiger charge is -2.12. The number of para-hydroxylation sites is 1. The molecule has 98 valence electrons. The molecule has 0 saturated carbocycles. The van der Waals surface area contributed by atoms with Crippen LogP contribution in [0.5, 0.6) is 0 Å². The lowest BCUT2D eigenvalue weighted by molar-refractivity contribution is 0.102. The Hall–Kier alpha value is -2.00. The standard InChI is InChI=1S/C15H15ClN2O/c1-9-5-3-7-11(13(9)16)15(19)18-14-10(2)6-4-8-12(14)17/h3-8H,17H2,1-2H3,(H,18,19). The fourth-order valence-electron chi connectivity index (χ4n) is 1.86. The quantitative estimate of drug-likeness (QED) is 0.819. The molecule has 4 heteroatoms. The van der Waals surface area contributed by atoms with Crippen LogP contribution in [-0.2, 0) is 0 Å². The highest BCUT2D eigenvalue weighted by molar-refractivity contribution is 6.35. The van der Waals surface area contributed by atoms with Crippen molar-refractivity contribution in [2.45, 2.75) is 13.8 Å². The molecule has 0 saturated heterocycles. The largest absolute Gasteiger partial charge is 0.397 e. The maximum Gasteiger partial charge on any atom is 0.257 e. The van der Waals surface area contributed by atoms with Crippen LogP contribution in [0.4, 0.5) is 11.4 Å². The molecular formula is C15H15ClN2O. The van der Waals surface area contributed by atoms with Gasteiger partial charge in [-0.1, -0.05) is 35.9 Å². The van der Waals surface area contributed by atoms with Crippen molar-refractivity contribution < 1.29 is 4.79 Å². The monoisotopic (exact) mass is 274 g/mol. The molecule has 1 amide bonds. The highest BCUT2D eigenvalue weighted by Crippen LogP contribution is 2.25. The van der Waals surface area contributed by atoms with Gasteiger partial charge in [-0.2, -0.15) is 0 Å². The van der Waals surface area contributed by atoms with Crippen molar-refractivity contribution in [3.05, 3.63) is 58.1 Å². The summed E-state index contributed by atoms with van der Waals surface area (Å²) in [6.07, 6.45) is 0. The van der Waals surface area contributed by atoms with Gasteiger partial charge in [0, 0.05) is 0 Å². The Morgan fingerprint density at radius 2 is 1.74 bits per heavy atom. The van der Waals surface area contributed by atoms with E-state index in [-0.39, 0.29) is 5.91 Å². The molecule has 2 aromatic carbocycles. The fraction of sp³-hybridized carbons (Fsp3) is 0.133. The maximum atomic E-state index is 12.2. The van der Waals surface area contributed by atoms with Gasteiger partial charge in [0.15, 0.2) is 0 Å². The van der Waals surface area contributed by atoms with E-state index in [1.165, 1.54) is 0 Å². The Morgan fingerprint density at radius 1 is 1.11 bits per heavy atom. The molecule has 0 spiro atoms. The third kappa shape index (κ3) is 2.71. The Morgan fingerprint density at radius 3 is 2.42 bits per heavy atom. The van der Waals surface area contributed by atoms with Gasteiger partial charge in [0.1, 0.15) is 0 Å². The zero-order valence-electron chi connectivity index (χ0n) is 10.8. The molecule has 3 N–H and O–H groups in total. The average molecular weight is 275 g/mol. The molecule has 0 fully saturated rings. The SMILES string of the molecule is Cc1cccc(C(=O)Nc2c(C)cccc2N)c1Cl. The van der Waals surface area contributed by atoms with Crippen LogP contribution < -0.4 is 11.1 Å². The third-order valence-corrected chi connectivity index (χ3v) is 3.48. The molecule has 0 unspecified atom stereocenters.